The van der Waals surface area contributed by atoms with E-state index in [2.05, 4.69) is 36.1 Å². The number of thioether (sulfide) groups is 1. The fourth-order valence-electron chi connectivity index (χ4n) is 2.06. The van der Waals surface area contributed by atoms with Crippen LogP contribution >= 0.6 is 11.8 Å². The van der Waals surface area contributed by atoms with Gasteiger partial charge in [0.25, 0.3) is 0 Å². The molecule has 0 amide bonds. The maximum Gasteiger partial charge on any atom is 0.138 e. The molecule has 0 unspecified atom stereocenters. The van der Waals surface area contributed by atoms with E-state index < -0.39 is 0 Å². The first-order valence-corrected chi connectivity index (χ1v) is 8.44. The zero-order valence-corrected chi connectivity index (χ0v) is 14.0. The second kappa shape index (κ2) is 10.1. The minimum atomic E-state index is 0.752. The first-order valence-electron chi connectivity index (χ1n) is 7.29. The molecule has 0 aliphatic heterocycles. The van der Waals surface area contributed by atoms with Gasteiger partial charge in [0, 0.05) is 25.0 Å². The monoisotopic (exact) mass is 297 g/mol. The third-order valence-corrected chi connectivity index (χ3v) is 4.24. The van der Waals surface area contributed by atoms with E-state index in [-0.39, 0.29) is 0 Å². The van der Waals surface area contributed by atoms with Crippen molar-refractivity contribution in [2.75, 3.05) is 32.6 Å². The number of hydrogen-bond acceptors (Lipinski definition) is 5. The Balaban J connectivity index is 2.51. The fraction of sp³-hybridized carbons (Fsp3) is 0.733. The molecule has 0 fully saturated rings. The summed E-state index contributed by atoms with van der Waals surface area (Å²) in [6, 6.07) is 0. The van der Waals surface area contributed by atoms with Crippen LogP contribution in [0.15, 0.2) is 0 Å². The van der Waals surface area contributed by atoms with E-state index in [0.717, 1.165) is 49.1 Å². The fourth-order valence-corrected chi connectivity index (χ4v) is 2.80. The number of rotatable bonds is 10. The van der Waals surface area contributed by atoms with Crippen molar-refractivity contribution >= 4 is 11.8 Å². The Kier molecular flexibility index (Phi) is 8.82. The zero-order chi connectivity index (χ0) is 14.8. The molecule has 4 nitrogen and oxygen atoms in total. The van der Waals surface area contributed by atoms with Crippen LogP contribution in [-0.2, 0) is 16.9 Å². The summed E-state index contributed by atoms with van der Waals surface area (Å²) in [7, 11) is 1.72. The van der Waals surface area contributed by atoms with Gasteiger partial charge in [0.2, 0.25) is 0 Å². The van der Waals surface area contributed by atoms with Crippen molar-refractivity contribution in [1.82, 2.24) is 15.3 Å². The molecule has 0 bridgehead atoms. The van der Waals surface area contributed by atoms with Gasteiger partial charge in [-0.1, -0.05) is 6.92 Å². The molecule has 1 heterocycles. The van der Waals surface area contributed by atoms with Gasteiger partial charge in [-0.05, 0) is 44.6 Å². The highest BCUT2D eigenvalue weighted by atomic mass is 32.2. The largest absolute Gasteiger partial charge is 0.383 e. The zero-order valence-electron chi connectivity index (χ0n) is 13.2. The second-order valence-electron chi connectivity index (χ2n) is 4.83. The van der Waals surface area contributed by atoms with Crippen LogP contribution in [0.5, 0.6) is 0 Å². The van der Waals surface area contributed by atoms with E-state index in [0.29, 0.717) is 0 Å². The molecular weight excluding hydrogens is 270 g/mol. The van der Waals surface area contributed by atoms with Crippen molar-refractivity contribution in [2.45, 2.75) is 39.4 Å². The van der Waals surface area contributed by atoms with Gasteiger partial charge in [-0.15, -0.1) is 0 Å². The van der Waals surface area contributed by atoms with Gasteiger partial charge in [-0.2, -0.15) is 11.8 Å². The molecule has 1 N–H and O–H groups in total. The first kappa shape index (κ1) is 17.4. The highest BCUT2D eigenvalue weighted by molar-refractivity contribution is 7.98. The summed E-state index contributed by atoms with van der Waals surface area (Å²) >= 11 is 1.91. The Morgan fingerprint density at radius 2 is 1.85 bits per heavy atom. The Morgan fingerprint density at radius 1 is 1.15 bits per heavy atom. The molecular formula is C15H27N3OS. The van der Waals surface area contributed by atoms with Gasteiger partial charge >= 0.3 is 0 Å². The lowest BCUT2D eigenvalue weighted by atomic mass is 10.1. The molecule has 0 atom stereocenters. The van der Waals surface area contributed by atoms with Gasteiger partial charge in [0.15, 0.2) is 0 Å². The quantitative estimate of drug-likeness (QED) is 0.672. The van der Waals surface area contributed by atoms with Crippen molar-refractivity contribution in [3.05, 3.63) is 22.8 Å². The number of ether oxygens (including phenoxy) is 1. The Hall–Kier alpha value is -0.650. The van der Waals surface area contributed by atoms with Crippen molar-refractivity contribution in [3.8, 4) is 0 Å². The number of aromatic nitrogens is 2. The van der Waals surface area contributed by atoms with Crippen LogP contribution in [-0.4, -0.2) is 42.5 Å². The molecule has 1 aromatic rings. The maximum absolute atomic E-state index is 5.01. The molecule has 20 heavy (non-hydrogen) atoms. The predicted molar refractivity (Wildman–Crippen MR) is 86.4 cm³/mol. The average molecular weight is 297 g/mol. The smallest absolute Gasteiger partial charge is 0.138 e. The number of methoxy groups -OCH3 is 1. The number of aryl methyl sites for hydroxylation is 2. The van der Waals surface area contributed by atoms with Crippen molar-refractivity contribution < 1.29 is 4.74 Å². The minimum Gasteiger partial charge on any atom is -0.383 e. The summed E-state index contributed by atoms with van der Waals surface area (Å²) < 4.78 is 5.01. The topological polar surface area (TPSA) is 47.0 Å². The minimum absolute atomic E-state index is 0.752. The molecule has 0 aliphatic rings. The molecule has 0 saturated heterocycles. The van der Waals surface area contributed by atoms with Crippen molar-refractivity contribution in [2.24, 2.45) is 0 Å². The first-order chi connectivity index (χ1) is 9.69. The highest BCUT2D eigenvalue weighted by Gasteiger charge is 2.08. The van der Waals surface area contributed by atoms with Crippen LogP contribution in [0.3, 0.4) is 0 Å². The molecule has 0 aromatic carbocycles. The van der Waals surface area contributed by atoms with Crippen LogP contribution in [0, 0.1) is 13.8 Å². The standard InChI is InChI=1S/C15H27N3OS/c1-5-10-20-11-15-17-12(2)14(13(3)18-15)6-7-16-8-9-19-4/h16H,5-11H2,1-4H3. The third-order valence-electron chi connectivity index (χ3n) is 3.08. The van der Waals surface area contributed by atoms with Crippen LogP contribution in [0.1, 0.15) is 36.1 Å². The van der Waals surface area contributed by atoms with E-state index in [1.165, 1.54) is 17.7 Å². The van der Waals surface area contributed by atoms with E-state index >= 15 is 0 Å². The summed E-state index contributed by atoms with van der Waals surface area (Å²) in [5, 5.41) is 3.36. The second-order valence-corrected chi connectivity index (χ2v) is 5.94. The number of nitrogens with zero attached hydrogens (tertiary/aromatic N) is 2. The van der Waals surface area contributed by atoms with E-state index in [1.807, 2.05) is 11.8 Å². The van der Waals surface area contributed by atoms with Gasteiger partial charge in [0.1, 0.15) is 5.82 Å². The van der Waals surface area contributed by atoms with Crippen LogP contribution in [0.2, 0.25) is 0 Å². The molecule has 0 saturated carbocycles. The average Bonchev–Trinajstić information content (AvgIpc) is 2.41. The molecule has 114 valence electrons. The van der Waals surface area contributed by atoms with Crippen LogP contribution in [0.4, 0.5) is 0 Å². The number of hydrogen-bond donors (Lipinski definition) is 1. The molecule has 1 aromatic heterocycles. The normalized spacial score (nSPS) is 11.0. The van der Waals surface area contributed by atoms with E-state index in [9.17, 15) is 0 Å². The third kappa shape index (κ3) is 6.20. The maximum atomic E-state index is 5.01. The van der Waals surface area contributed by atoms with Gasteiger partial charge in [-0.25, -0.2) is 9.97 Å². The lowest BCUT2D eigenvalue weighted by Gasteiger charge is -2.11. The van der Waals surface area contributed by atoms with Gasteiger partial charge < -0.3 is 10.1 Å². The molecule has 5 heteroatoms. The Bertz CT molecular complexity index is 376. The van der Waals surface area contributed by atoms with Crippen molar-refractivity contribution in [3.63, 3.8) is 0 Å². The number of nitrogens with one attached hydrogen (secondary N) is 1. The summed E-state index contributed by atoms with van der Waals surface area (Å²) in [5.74, 6) is 3.06. The predicted octanol–water partition coefficient (Wildman–Crippen LogP) is 2.52. The molecule has 0 radical (unpaired) electrons. The summed E-state index contributed by atoms with van der Waals surface area (Å²) in [6.07, 6.45) is 2.18. The summed E-state index contributed by atoms with van der Waals surface area (Å²) in [5.41, 5.74) is 3.52. The molecule has 0 spiro atoms. The van der Waals surface area contributed by atoms with Gasteiger partial charge in [-0.3, -0.25) is 0 Å². The Morgan fingerprint density at radius 3 is 2.45 bits per heavy atom. The van der Waals surface area contributed by atoms with Crippen LogP contribution < -0.4 is 5.32 Å². The highest BCUT2D eigenvalue weighted by Crippen LogP contribution is 2.15. The van der Waals surface area contributed by atoms with Gasteiger partial charge in [0.05, 0.1) is 12.4 Å². The Labute approximate surface area is 127 Å². The van der Waals surface area contributed by atoms with E-state index in [1.54, 1.807) is 7.11 Å². The molecule has 0 aliphatic carbocycles. The van der Waals surface area contributed by atoms with Crippen molar-refractivity contribution in [1.29, 1.82) is 0 Å². The SMILES string of the molecule is CCCSCc1nc(C)c(CCNCCOC)c(C)n1. The summed E-state index contributed by atoms with van der Waals surface area (Å²) in [4.78, 5) is 9.27. The van der Waals surface area contributed by atoms with Crippen LogP contribution in [0.25, 0.3) is 0 Å². The lowest BCUT2D eigenvalue weighted by Crippen LogP contribution is -2.22. The van der Waals surface area contributed by atoms with E-state index in [4.69, 9.17) is 4.74 Å². The lowest BCUT2D eigenvalue weighted by molar-refractivity contribution is 0.199. The summed E-state index contributed by atoms with van der Waals surface area (Å²) in [6.45, 7) is 8.96. The molecule has 1 rings (SSSR count).